The van der Waals surface area contributed by atoms with E-state index < -0.39 is 6.04 Å². The maximum absolute atomic E-state index is 13.6. The van der Waals surface area contributed by atoms with Gasteiger partial charge in [-0.15, -0.1) is 0 Å². The Bertz CT molecular complexity index is 1070. The van der Waals surface area contributed by atoms with Crippen LogP contribution in [0.5, 0.6) is 0 Å². The second kappa shape index (κ2) is 13.0. The summed E-state index contributed by atoms with van der Waals surface area (Å²) in [6, 6.07) is 22.7. The molecule has 34 heavy (non-hydrogen) atoms. The Morgan fingerprint density at radius 1 is 0.941 bits per heavy atom. The third kappa shape index (κ3) is 7.80. The van der Waals surface area contributed by atoms with Gasteiger partial charge in [0, 0.05) is 24.0 Å². The first kappa shape index (κ1) is 25.6. The normalized spacial score (nSPS) is 11.6. The summed E-state index contributed by atoms with van der Waals surface area (Å²) in [6.45, 7) is 2.93. The molecule has 0 bridgehead atoms. The van der Waals surface area contributed by atoms with E-state index in [1.165, 1.54) is 12.1 Å². The number of halogens is 2. The lowest BCUT2D eigenvalue weighted by Gasteiger charge is -2.32. The van der Waals surface area contributed by atoms with Crippen LogP contribution in [0.15, 0.2) is 83.3 Å². The molecule has 0 aliphatic rings. The minimum absolute atomic E-state index is 0.0851. The lowest BCUT2D eigenvalue weighted by Crippen LogP contribution is -2.51. The molecule has 0 aliphatic carbocycles. The van der Waals surface area contributed by atoms with E-state index in [4.69, 9.17) is 0 Å². The number of carbonyl (C=O) groups is 2. The van der Waals surface area contributed by atoms with Crippen molar-refractivity contribution >= 4 is 27.7 Å². The summed E-state index contributed by atoms with van der Waals surface area (Å²) < 4.78 is 14.3. The molecule has 0 aliphatic heterocycles. The van der Waals surface area contributed by atoms with Gasteiger partial charge in [0.25, 0.3) is 0 Å². The third-order valence-electron chi connectivity index (χ3n) is 5.61. The van der Waals surface area contributed by atoms with Crippen molar-refractivity contribution < 1.29 is 14.0 Å². The monoisotopic (exact) mass is 524 g/mol. The van der Waals surface area contributed by atoms with Crippen molar-refractivity contribution in [3.63, 3.8) is 0 Å². The zero-order valence-electron chi connectivity index (χ0n) is 19.3. The second-order valence-electron chi connectivity index (χ2n) is 8.30. The molecule has 0 saturated heterocycles. The first-order valence-corrected chi connectivity index (χ1v) is 12.4. The summed E-state index contributed by atoms with van der Waals surface area (Å²) in [6.07, 6.45) is 2.33. The molecule has 0 spiro atoms. The van der Waals surface area contributed by atoms with Crippen LogP contribution in [0.3, 0.4) is 0 Å². The molecule has 3 aromatic rings. The van der Waals surface area contributed by atoms with Crippen molar-refractivity contribution in [2.75, 3.05) is 6.54 Å². The number of hydrogen-bond acceptors (Lipinski definition) is 2. The van der Waals surface area contributed by atoms with Gasteiger partial charge in [0.2, 0.25) is 11.8 Å². The summed E-state index contributed by atoms with van der Waals surface area (Å²) in [5, 5.41) is 3.02. The smallest absolute Gasteiger partial charge is 0.243 e. The summed E-state index contributed by atoms with van der Waals surface area (Å²) in [4.78, 5) is 28.6. The van der Waals surface area contributed by atoms with Gasteiger partial charge in [-0.05, 0) is 47.4 Å². The average Bonchev–Trinajstić information content (AvgIpc) is 2.83. The summed E-state index contributed by atoms with van der Waals surface area (Å²) in [5.41, 5.74) is 2.60. The Labute approximate surface area is 209 Å². The van der Waals surface area contributed by atoms with E-state index in [9.17, 15) is 14.0 Å². The molecule has 3 rings (SSSR count). The molecule has 1 atom stereocenters. The zero-order valence-corrected chi connectivity index (χ0v) is 20.9. The van der Waals surface area contributed by atoms with E-state index >= 15 is 0 Å². The number of carbonyl (C=O) groups excluding carboxylic acids is 2. The SMILES string of the molecule is CCCCNC(=O)[C@H](Cc1ccccc1)N(Cc1cccc(Br)c1)C(=O)Cc1ccc(F)cc1. The van der Waals surface area contributed by atoms with Gasteiger partial charge >= 0.3 is 0 Å². The number of benzene rings is 3. The second-order valence-corrected chi connectivity index (χ2v) is 9.22. The first-order chi connectivity index (χ1) is 16.5. The Hall–Kier alpha value is -2.99. The lowest BCUT2D eigenvalue weighted by atomic mass is 10.0. The molecule has 178 valence electrons. The molecule has 6 heteroatoms. The van der Waals surface area contributed by atoms with Gasteiger partial charge in [-0.3, -0.25) is 9.59 Å². The fraction of sp³-hybridized carbons (Fsp3) is 0.286. The topological polar surface area (TPSA) is 49.4 Å². The highest BCUT2D eigenvalue weighted by atomic mass is 79.9. The zero-order chi connectivity index (χ0) is 24.3. The minimum Gasteiger partial charge on any atom is -0.354 e. The molecule has 0 aromatic heterocycles. The van der Waals surface area contributed by atoms with Crippen LogP contribution in [0.25, 0.3) is 0 Å². The van der Waals surface area contributed by atoms with Crippen molar-refractivity contribution in [2.45, 2.75) is 45.2 Å². The highest BCUT2D eigenvalue weighted by molar-refractivity contribution is 9.10. The summed E-state index contributed by atoms with van der Waals surface area (Å²) in [7, 11) is 0. The molecule has 0 unspecified atom stereocenters. The molecule has 2 amide bonds. The Balaban J connectivity index is 1.93. The van der Waals surface area contributed by atoms with Crippen LogP contribution < -0.4 is 5.32 Å². The van der Waals surface area contributed by atoms with Crippen LogP contribution in [0.2, 0.25) is 0 Å². The fourth-order valence-electron chi connectivity index (χ4n) is 3.77. The van der Waals surface area contributed by atoms with Crippen LogP contribution in [-0.2, 0) is 29.0 Å². The van der Waals surface area contributed by atoms with E-state index in [1.54, 1.807) is 17.0 Å². The number of unbranched alkanes of at least 4 members (excludes halogenated alkanes) is 1. The molecule has 0 heterocycles. The van der Waals surface area contributed by atoms with Crippen molar-refractivity contribution in [1.82, 2.24) is 10.2 Å². The van der Waals surface area contributed by atoms with Crippen LogP contribution in [0, 0.1) is 5.82 Å². The van der Waals surface area contributed by atoms with Crippen LogP contribution in [0.4, 0.5) is 4.39 Å². The number of hydrogen-bond donors (Lipinski definition) is 1. The average molecular weight is 525 g/mol. The lowest BCUT2D eigenvalue weighted by molar-refractivity contribution is -0.140. The first-order valence-electron chi connectivity index (χ1n) is 11.6. The van der Waals surface area contributed by atoms with E-state index in [2.05, 4.69) is 28.2 Å². The van der Waals surface area contributed by atoms with E-state index in [-0.39, 0.29) is 30.6 Å². The van der Waals surface area contributed by atoms with Crippen molar-refractivity contribution in [3.8, 4) is 0 Å². The fourth-order valence-corrected chi connectivity index (χ4v) is 4.22. The largest absolute Gasteiger partial charge is 0.354 e. The molecule has 4 nitrogen and oxygen atoms in total. The maximum atomic E-state index is 13.6. The quantitative estimate of drug-likeness (QED) is 0.327. The van der Waals surface area contributed by atoms with E-state index in [0.29, 0.717) is 18.5 Å². The third-order valence-corrected chi connectivity index (χ3v) is 6.10. The van der Waals surface area contributed by atoms with E-state index in [0.717, 1.165) is 28.4 Å². The van der Waals surface area contributed by atoms with Gasteiger partial charge in [0.1, 0.15) is 11.9 Å². The van der Waals surface area contributed by atoms with Gasteiger partial charge in [-0.25, -0.2) is 4.39 Å². The molecule has 1 N–H and O–H groups in total. The molecule has 3 aromatic carbocycles. The number of amides is 2. The number of nitrogens with zero attached hydrogens (tertiary/aromatic N) is 1. The Kier molecular flexibility index (Phi) is 9.83. The van der Waals surface area contributed by atoms with Crippen LogP contribution in [-0.4, -0.2) is 29.3 Å². The molecule has 0 radical (unpaired) electrons. The van der Waals surface area contributed by atoms with Gasteiger partial charge in [-0.1, -0.05) is 83.9 Å². The van der Waals surface area contributed by atoms with Crippen molar-refractivity contribution in [2.24, 2.45) is 0 Å². The van der Waals surface area contributed by atoms with Crippen molar-refractivity contribution in [3.05, 3.63) is 106 Å². The highest BCUT2D eigenvalue weighted by Crippen LogP contribution is 2.19. The number of rotatable bonds is 11. The van der Waals surface area contributed by atoms with Gasteiger partial charge in [-0.2, -0.15) is 0 Å². The predicted molar refractivity (Wildman–Crippen MR) is 137 cm³/mol. The summed E-state index contributed by atoms with van der Waals surface area (Å²) >= 11 is 3.49. The predicted octanol–water partition coefficient (Wildman–Crippen LogP) is 5.69. The Morgan fingerprint density at radius 3 is 2.32 bits per heavy atom. The maximum Gasteiger partial charge on any atom is 0.243 e. The van der Waals surface area contributed by atoms with Crippen LogP contribution in [0.1, 0.15) is 36.5 Å². The standard InChI is InChI=1S/C28H30BrFN2O2/c1-2-3-16-31-28(34)26(18-21-8-5-4-6-9-21)32(20-23-10-7-11-24(29)17-23)27(33)19-22-12-14-25(30)15-13-22/h4-15,17,26H,2-3,16,18-20H2,1H3,(H,31,34)/t26-/m0/s1. The Morgan fingerprint density at radius 2 is 1.65 bits per heavy atom. The molecule has 0 saturated carbocycles. The van der Waals surface area contributed by atoms with E-state index in [1.807, 2.05) is 54.6 Å². The van der Waals surface area contributed by atoms with Crippen molar-refractivity contribution in [1.29, 1.82) is 0 Å². The summed E-state index contributed by atoms with van der Waals surface area (Å²) in [5.74, 6) is -0.697. The van der Waals surface area contributed by atoms with Gasteiger partial charge in [0.15, 0.2) is 0 Å². The number of nitrogens with one attached hydrogen (secondary N) is 1. The van der Waals surface area contributed by atoms with Crippen LogP contribution >= 0.6 is 15.9 Å². The molecular weight excluding hydrogens is 495 g/mol. The molecular formula is C28H30BrFN2O2. The van der Waals surface area contributed by atoms with Gasteiger partial charge in [0.05, 0.1) is 6.42 Å². The molecule has 0 fully saturated rings. The minimum atomic E-state index is -0.675. The van der Waals surface area contributed by atoms with Gasteiger partial charge < -0.3 is 10.2 Å². The highest BCUT2D eigenvalue weighted by Gasteiger charge is 2.30.